The standard InChI is InChI=1S/C19H15F3N2O3/c1-26-17-9-12(7-14(10-23)18(24)25)5-6-16(17)27-11-13-3-2-4-15(8-13)19(20,21)22/h2-9H,11H2,1H3,(H2,24,25). The lowest BCUT2D eigenvalue weighted by molar-refractivity contribution is -0.137. The molecule has 0 spiro atoms. The summed E-state index contributed by atoms with van der Waals surface area (Å²) in [7, 11) is 1.39. The normalized spacial score (nSPS) is 11.6. The lowest BCUT2D eigenvalue weighted by atomic mass is 10.1. The summed E-state index contributed by atoms with van der Waals surface area (Å²) in [5.41, 5.74) is 4.92. The molecule has 0 saturated heterocycles. The second-order valence-electron chi connectivity index (χ2n) is 5.43. The summed E-state index contributed by atoms with van der Waals surface area (Å²) in [4.78, 5) is 11.1. The highest BCUT2D eigenvalue weighted by Crippen LogP contribution is 2.31. The summed E-state index contributed by atoms with van der Waals surface area (Å²) < 4.78 is 49.0. The average Bonchev–Trinajstić information content (AvgIpc) is 2.64. The molecule has 0 aliphatic heterocycles. The van der Waals surface area contributed by atoms with Crippen LogP contribution in [0.15, 0.2) is 48.0 Å². The number of nitrogens with zero attached hydrogens (tertiary/aromatic N) is 1. The highest BCUT2D eigenvalue weighted by atomic mass is 19.4. The molecule has 0 saturated carbocycles. The number of primary amides is 1. The summed E-state index contributed by atoms with van der Waals surface area (Å²) in [6.07, 6.45) is -3.14. The van der Waals surface area contributed by atoms with Gasteiger partial charge in [0, 0.05) is 0 Å². The SMILES string of the molecule is COc1cc(C=C(C#N)C(N)=O)ccc1OCc1cccc(C(F)(F)F)c1. The van der Waals surface area contributed by atoms with E-state index in [1.807, 2.05) is 0 Å². The molecule has 27 heavy (non-hydrogen) atoms. The van der Waals surface area contributed by atoms with E-state index in [0.29, 0.717) is 16.9 Å². The number of benzene rings is 2. The zero-order valence-corrected chi connectivity index (χ0v) is 14.2. The molecular weight excluding hydrogens is 361 g/mol. The number of carbonyl (C=O) groups excluding carboxylic acids is 1. The minimum absolute atomic E-state index is 0.0970. The Morgan fingerprint density at radius 2 is 1.96 bits per heavy atom. The third kappa shape index (κ3) is 5.25. The summed E-state index contributed by atoms with van der Waals surface area (Å²) in [5, 5.41) is 8.87. The van der Waals surface area contributed by atoms with E-state index < -0.39 is 17.6 Å². The molecule has 140 valence electrons. The fraction of sp³-hybridized carbons (Fsp3) is 0.158. The Morgan fingerprint density at radius 3 is 2.56 bits per heavy atom. The maximum Gasteiger partial charge on any atom is 0.416 e. The zero-order valence-electron chi connectivity index (χ0n) is 14.2. The van der Waals surface area contributed by atoms with Gasteiger partial charge in [0.05, 0.1) is 12.7 Å². The number of halogens is 3. The van der Waals surface area contributed by atoms with Crippen LogP contribution in [0.5, 0.6) is 11.5 Å². The van der Waals surface area contributed by atoms with Crippen LogP contribution >= 0.6 is 0 Å². The maximum absolute atomic E-state index is 12.8. The molecule has 2 rings (SSSR count). The fourth-order valence-electron chi connectivity index (χ4n) is 2.22. The van der Waals surface area contributed by atoms with Crippen LogP contribution in [0.25, 0.3) is 6.08 Å². The first-order chi connectivity index (χ1) is 12.7. The van der Waals surface area contributed by atoms with Crippen molar-refractivity contribution in [2.24, 2.45) is 5.73 Å². The Kier molecular flexibility index (Phi) is 6.08. The number of hydrogen-bond acceptors (Lipinski definition) is 4. The third-order valence-electron chi connectivity index (χ3n) is 3.53. The van der Waals surface area contributed by atoms with Gasteiger partial charge in [0.25, 0.3) is 5.91 Å². The number of rotatable bonds is 6. The molecule has 0 aromatic heterocycles. The molecular formula is C19H15F3N2O3. The molecule has 2 N–H and O–H groups in total. The highest BCUT2D eigenvalue weighted by Gasteiger charge is 2.30. The van der Waals surface area contributed by atoms with Crippen LogP contribution in [0.4, 0.5) is 13.2 Å². The van der Waals surface area contributed by atoms with Crippen molar-refractivity contribution < 1.29 is 27.4 Å². The third-order valence-corrected chi connectivity index (χ3v) is 3.53. The zero-order chi connectivity index (χ0) is 20.0. The van der Waals surface area contributed by atoms with Gasteiger partial charge in [0.2, 0.25) is 0 Å². The Labute approximate surface area is 153 Å². The summed E-state index contributed by atoms with van der Waals surface area (Å²) in [5.74, 6) is -0.275. The van der Waals surface area contributed by atoms with Crippen molar-refractivity contribution in [1.29, 1.82) is 5.26 Å². The number of amides is 1. The molecule has 0 heterocycles. The first kappa shape index (κ1) is 19.8. The highest BCUT2D eigenvalue weighted by molar-refractivity contribution is 6.00. The van der Waals surface area contributed by atoms with Gasteiger partial charge in [-0.05, 0) is 41.5 Å². The fourth-order valence-corrected chi connectivity index (χ4v) is 2.22. The Hall–Kier alpha value is -3.47. The van der Waals surface area contributed by atoms with E-state index in [2.05, 4.69) is 0 Å². The van der Waals surface area contributed by atoms with Gasteiger partial charge in [-0.3, -0.25) is 4.79 Å². The predicted molar refractivity (Wildman–Crippen MR) is 91.6 cm³/mol. The van der Waals surface area contributed by atoms with Crippen LogP contribution in [0, 0.1) is 11.3 Å². The smallest absolute Gasteiger partial charge is 0.416 e. The number of nitriles is 1. The first-order valence-electron chi connectivity index (χ1n) is 7.63. The molecule has 0 aliphatic rings. The lowest BCUT2D eigenvalue weighted by Crippen LogP contribution is -2.12. The number of carbonyl (C=O) groups is 1. The van der Waals surface area contributed by atoms with Crippen LogP contribution in [0.1, 0.15) is 16.7 Å². The molecule has 8 heteroatoms. The molecule has 0 aliphatic carbocycles. The van der Waals surface area contributed by atoms with E-state index in [0.717, 1.165) is 12.1 Å². The van der Waals surface area contributed by atoms with Crippen LogP contribution in [0.3, 0.4) is 0 Å². The van der Waals surface area contributed by atoms with Crippen molar-refractivity contribution in [2.75, 3.05) is 7.11 Å². The minimum Gasteiger partial charge on any atom is -0.493 e. The van der Waals surface area contributed by atoms with Crippen LogP contribution in [-0.4, -0.2) is 13.0 Å². The number of nitrogens with two attached hydrogens (primary N) is 1. The van der Waals surface area contributed by atoms with Crippen molar-refractivity contribution in [3.63, 3.8) is 0 Å². The molecule has 1 amide bonds. The summed E-state index contributed by atoms with van der Waals surface area (Å²) in [6, 6.07) is 11.1. The molecule has 2 aromatic carbocycles. The molecule has 0 atom stereocenters. The van der Waals surface area contributed by atoms with Gasteiger partial charge in [0.1, 0.15) is 18.2 Å². The number of hydrogen-bond donors (Lipinski definition) is 1. The van der Waals surface area contributed by atoms with Gasteiger partial charge in [0.15, 0.2) is 11.5 Å². The van der Waals surface area contributed by atoms with Crippen molar-refractivity contribution in [1.82, 2.24) is 0 Å². The van der Waals surface area contributed by atoms with Gasteiger partial charge >= 0.3 is 6.18 Å². The van der Waals surface area contributed by atoms with E-state index in [1.165, 1.54) is 37.5 Å². The van der Waals surface area contributed by atoms with Gasteiger partial charge in [-0.2, -0.15) is 18.4 Å². The maximum atomic E-state index is 12.8. The second-order valence-corrected chi connectivity index (χ2v) is 5.43. The Morgan fingerprint density at radius 1 is 1.22 bits per heavy atom. The summed E-state index contributed by atoms with van der Waals surface area (Å²) in [6.45, 7) is -0.0970. The van der Waals surface area contributed by atoms with E-state index in [4.69, 9.17) is 20.5 Å². The Balaban J connectivity index is 2.21. The van der Waals surface area contributed by atoms with Crippen molar-refractivity contribution in [2.45, 2.75) is 12.8 Å². The average molecular weight is 376 g/mol. The monoisotopic (exact) mass is 376 g/mol. The van der Waals surface area contributed by atoms with E-state index in [1.54, 1.807) is 12.1 Å². The molecule has 0 bridgehead atoms. The topological polar surface area (TPSA) is 85.3 Å². The molecule has 2 aromatic rings. The predicted octanol–water partition coefficient (Wildman–Crippen LogP) is 3.69. The number of alkyl halides is 3. The van der Waals surface area contributed by atoms with E-state index in [-0.39, 0.29) is 17.9 Å². The van der Waals surface area contributed by atoms with Crippen molar-refractivity contribution >= 4 is 12.0 Å². The Bertz CT molecular complexity index is 915. The number of methoxy groups -OCH3 is 1. The molecule has 0 fully saturated rings. The van der Waals surface area contributed by atoms with Crippen LogP contribution < -0.4 is 15.2 Å². The quantitative estimate of drug-likeness (QED) is 0.616. The largest absolute Gasteiger partial charge is 0.493 e. The van der Waals surface area contributed by atoms with Gasteiger partial charge in [-0.1, -0.05) is 18.2 Å². The van der Waals surface area contributed by atoms with E-state index in [9.17, 15) is 18.0 Å². The van der Waals surface area contributed by atoms with Gasteiger partial charge in [-0.15, -0.1) is 0 Å². The van der Waals surface area contributed by atoms with Gasteiger partial charge in [-0.25, -0.2) is 0 Å². The van der Waals surface area contributed by atoms with Crippen molar-refractivity contribution in [3.8, 4) is 17.6 Å². The van der Waals surface area contributed by atoms with Crippen LogP contribution in [0.2, 0.25) is 0 Å². The lowest BCUT2D eigenvalue weighted by Gasteiger charge is -2.13. The molecule has 5 nitrogen and oxygen atoms in total. The van der Waals surface area contributed by atoms with E-state index >= 15 is 0 Å². The molecule has 0 radical (unpaired) electrons. The van der Waals surface area contributed by atoms with Crippen molar-refractivity contribution in [3.05, 3.63) is 64.7 Å². The minimum atomic E-state index is -4.43. The van der Waals surface area contributed by atoms with Gasteiger partial charge < -0.3 is 15.2 Å². The second kappa shape index (κ2) is 8.27. The summed E-state index contributed by atoms with van der Waals surface area (Å²) >= 11 is 0. The number of ether oxygens (including phenoxy) is 2. The van der Waals surface area contributed by atoms with Crippen LogP contribution in [-0.2, 0) is 17.6 Å². The first-order valence-corrected chi connectivity index (χ1v) is 7.63. The molecule has 0 unspecified atom stereocenters.